The van der Waals surface area contributed by atoms with Crippen LogP contribution in [0, 0.1) is 5.82 Å². The quantitative estimate of drug-likeness (QED) is 0.377. The molecule has 1 aromatic heterocycles. The van der Waals surface area contributed by atoms with Gasteiger partial charge >= 0.3 is 0 Å². The van der Waals surface area contributed by atoms with E-state index in [1.807, 2.05) is 12.1 Å². The maximum atomic E-state index is 13.7. The van der Waals surface area contributed by atoms with Crippen molar-refractivity contribution < 1.29 is 14.0 Å². The first-order valence-corrected chi connectivity index (χ1v) is 13.5. The molecule has 5 rings (SSSR count). The second-order valence-corrected chi connectivity index (χ2v) is 9.68. The van der Waals surface area contributed by atoms with Crippen LogP contribution in [0.5, 0.6) is 0 Å². The van der Waals surface area contributed by atoms with Crippen LogP contribution in [0.15, 0.2) is 83.8 Å². The molecule has 0 atom stereocenters. The van der Waals surface area contributed by atoms with Gasteiger partial charge in [-0.1, -0.05) is 18.2 Å². The van der Waals surface area contributed by atoms with E-state index in [0.29, 0.717) is 48.1 Å². The molecule has 0 saturated carbocycles. The van der Waals surface area contributed by atoms with Crippen LogP contribution < -0.4 is 20.8 Å². The van der Waals surface area contributed by atoms with Crippen molar-refractivity contribution in [2.24, 2.45) is 0 Å². The van der Waals surface area contributed by atoms with Crippen molar-refractivity contribution in [3.63, 3.8) is 0 Å². The molecule has 40 heavy (non-hydrogen) atoms. The SMILES string of the molecule is CCN(CC)c1ccc(C(=O)Nn2cc(C(=O)N3CCN(c4ccc(F)cc4)CC3)c3ccccc3c2=O)cc1. The molecule has 8 nitrogen and oxygen atoms in total. The Hall–Kier alpha value is -4.66. The number of halogens is 1. The summed E-state index contributed by atoms with van der Waals surface area (Å²) in [6.45, 7) is 7.97. The van der Waals surface area contributed by atoms with Gasteiger partial charge in [-0.2, -0.15) is 0 Å². The molecule has 0 radical (unpaired) electrons. The molecular weight excluding hydrogens is 509 g/mol. The van der Waals surface area contributed by atoms with Gasteiger partial charge in [0.05, 0.1) is 5.56 Å². The van der Waals surface area contributed by atoms with Crippen LogP contribution >= 0.6 is 0 Å². The van der Waals surface area contributed by atoms with Gasteiger partial charge in [0.25, 0.3) is 17.4 Å². The Morgan fingerprint density at radius 3 is 2.10 bits per heavy atom. The van der Waals surface area contributed by atoms with Crippen LogP contribution in [0.25, 0.3) is 10.8 Å². The van der Waals surface area contributed by atoms with Crippen LogP contribution in [-0.2, 0) is 0 Å². The topological polar surface area (TPSA) is 77.9 Å². The molecule has 2 heterocycles. The minimum Gasteiger partial charge on any atom is -0.372 e. The molecule has 1 fully saturated rings. The molecule has 0 unspecified atom stereocenters. The van der Waals surface area contributed by atoms with Gasteiger partial charge in [-0.15, -0.1) is 0 Å². The maximum Gasteiger partial charge on any atom is 0.277 e. The predicted octanol–water partition coefficient (Wildman–Crippen LogP) is 4.33. The summed E-state index contributed by atoms with van der Waals surface area (Å²) in [7, 11) is 0. The minimum absolute atomic E-state index is 0.221. The zero-order valence-corrected chi connectivity index (χ0v) is 22.6. The lowest BCUT2D eigenvalue weighted by Gasteiger charge is -2.36. The normalized spacial score (nSPS) is 13.4. The molecular formula is C31H32FN5O3. The van der Waals surface area contributed by atoms with Crippen molar-refractivity contribution in [3.05, 3.63) is 106 Å². The van der Waals surface area contributed by atoms with Gasteiger partial charge in [-0.3, -0.25) is 19.8 Å². The standard InChI is InChI=1S/C31H32FN5O3/c1-3-34(4-2)24-13-9-22(10-14-24)29(38)33-37-21-28(26-7-5-6-8-27(26)31(37)40)30(39)36-19-17-35(18-20-36)25-15-11-23(32)12-16-25/h5-16,21H,3-4,17-20H2,1-2H3,(H,33,38). The van der Waals surface area contributed by atoms with Crippen LogP contribution in [0.2, 0.25) is 0 Å². The number of amides is 2. The number of aromatic nitrogens is 1. The Kier molecular flexibility index (Phi) is 7.82. The fourth-order valence-corrected chi connectivity index (χ4v) is 5.12. The smallest absolute Gasteiger partial charge is 0.277 e. The number of anilines is 2. The fraction of sp³-hybridized carbons (Fsp3) is 0.258. The second-order valence-electron chi connectivity index (χ2n) is 9.68. The fourth-order valence-electron chi connectivity index (χ4n) is 5.12. The minimum atomic E-state index is -0.449. The Morgan fingerprint density at radius 2 is 1.48 bits per heavy atom. The molecule has 0 spiro atoms. The molecule has 0 aliphatic carbocycles. The van der Waals surface area contributed by atoms with E-state index in [0.717, 1.165) is 29.1 Å². The van der Waals surface area contributed by atoms with Gasteiger partial charge in [-0.05, 0) is 68.4 Å². The van der Waals surface area contributed by atoms with E-state index < -0.39 is 11.5 Å². The number of nitrogens with zero attached hydrogens (tertiary/aromatic N) is 4. The zero-order chi connectivity index (χ0) is 28.2. The summed E-state index contributed by atoms with van der Waals surface area (Å²) in [5.74, 6) is -0.959. The molecule has 0 bridgehead atoms. The molecule has 3 aromatic carbocycles. The lowest BCUT2D eigenvalue weighted by molar-refractivity contribution is 0.0747. The monoisotopic (exact) mass is 541 g/mol. The van der Waals surface area contributed by atoms with Gasteiger partial charge < -0.3 is 14.7 Å². The van der Waals surface area contributed by atoms with Gasteiger partial charge in [0.1, 0.15) is 5.82 Å². The Bertz CT molecular complexity index is 1570. The number of nitrogens with one attached hydrogen (secondary N) is 1. The number of piperazine rings is 1. The first kappa shape index (κ1) is 26.9. The molecule has 1 saturated heterocycles. The highest BCUT2D eigenvalue weighted by Crippen LogP contribution is 2.21. The van der Waals surface area contributed by atoms with E-state index in [-0.39, 0.29) is 11.7 Å². The van der Waals surface area contributed by atoms with Crippen molar-refractivity contribution in [1.82, 2.24) is 9.58 Å². The van der Waals surface area contributed by atoms with E-state index in [1.165, 1.54) is 18.3 Å². The third-order valence-corrected chi connectivity index (χ3v) is 7.39. The maximum absolute atomic E-state index is 13.7. The molecule has 2 amide bonds. The number of benzene rings is 3. The summed E-state index contributed by atoms with van der Waals surface area (Å²) >= 11 is 0. The van der Waals surface area contributed by atoms with E-state index in [2.05, 4.69) is 29.1 Å². The van der Waals surface area contributed by atoms with E-state index in [1.54, 1.807) is 53.4 Å². The number of carbonyl (C=O) groups excluding carboxylic acids is 2. The third kappa shape index (κ3) is 5.40. The number of rotatable bonds is 7. The lowest BCUT2D eigenvalue weighted by Crippen LogP contribution is -2.49. The summed E-state index contributed by atoms with van der Waals surface area (Å²) in [6, 6.07) is 20.4. The van der Waals surface area contributed by atoms with Gasteiger partial charge in [0, 0.05) is 73.2 Å². The number of fused-ring (bicyclic) bond motifs is 1. The van der Waals surface area contributed by atoms with Crippen molar-refractivity contribution >= 4 is 34.0 Å². The van der Waals surface area contributed by atoms with Crippen LogP contribution in [0.1, 0.15) is 34.6 Å². The van der Waals surface area contributed by atoms with Crippen LogP contribution in [-0.4, -0.2) is 60.7 Å². The van der Waals surface area contributed by atoms with Gasteiger partial charge in [0.15, 0.2) is 0 Å². The van der Waals surface area contributed by atoms with E-state index in [9.17, 15) is 18.8 Å². The first-order chi connectivity index (χ1) is 19.4. The molecule has 206 valence electrons. The van der Waals surface area contributed by atoms with Crippen LogP contribution in [0.3, 0.4) is 0 Å². The van der Waals surface area contributed by atoms with E-state index >= 15 is 0 Å². The number of carbonyl (C=O) groups is 2. The molecule has 9 heteroatoms. The summed E-state index contributed by atoms with van der Waals surface area (Å²) in [4.78, 5) is 46.1. The summed E-state index contributed by atoms with van der Waals surface area (Å²) in [5.41, 5.74) is 4.91. The third-order valence-electron chi connectivity index (χ3n) is 7.39. The highest BCUT2D eigenvalue weighted by Gasteiger charge is 2.25. The average Bonchev–Trinajstić information content (AvgIpc) is 2.99. The Morgan fingerprint density at radius 1 is 0.850 bits per heavy atom. The highest BCUT2D eigenvalue weighted by molar-refractivity contribution is 6.07. The summed E-state index contributed by atoms with van der Waals surface area (Å²) in [6.07, 6.45) is 1.42. The molecule has 4 aromatic rings. The van der Waals surface area contributed by atoms with Crippen molar-refractivity contribution in [3.8, 4) is 0 Å². The molecule has 1 aliphatic rings. The summed E-state index contributed by atoms with van der Waals surface area (Å²) < 4.78 is 14.4. The molecule has 1 aliphatic heterocycles. The predicted molar refractivity (Wildman–Crippen MR) is 156 cm³/mol. The highest BCUT2D eigenvalue weighted by atomic mass is 19.1. The van der Waals surface area contributed by atoms with Crippen molar-refractivity contribution in [1.29, 1.82) is 0 Å². The lowest BCUT2D eigenvalue weighted by atomic mass is 10.1. The number of pyridine rings is 1. The zero-order valence-electron chi connectivity index (χ0n) is 22.6. The van der Waals surface area contributed by atoms with Crippen molar-refractivity contribution in [2.45, 2.75) is 13.8 Å². The number of hydrogen-bond acceptors (Lipinski definition) is 5. The largest absolute Gasteiger partial charge is 0.372 e. The second kappa shape index (κ2) is 11.6. The first-order valence-electron chi connectivity index (χ1n) is 13.5. The van der Waals surface area contributed by atoms with Gasteiger partial charge in [-0.25, -0.2) is 9.07 Å². The Labute approximate surface area is 232 Å². The average molecular weight is 542 g/mol. The van der Waals surface area contributed by atoms with E-state index in [4.69, 9.17) is 0 Å². The van der Waals surface area contributed by atoms with Crippen molar-refractivity contribution in [2.75, 3.05) is 54.5 Å². The number of hydrogen-bond donors (Lipinski definition) is 1. The molecule has 1 N–H and O–H groups in total. The Balaban J connectivity index is 1.38. The summed E-state index contributed by atoms with van der Waals surface area (Å²) in [5, 5.41) is 0.878. The van der Waals surface area contributed by atoms with Crippen LogP contribution in [0.4, 0.5) is 15.8 Å². The van der Waals surface area contributed by atoms with Gasteiger partial charge in [0.2, 0.25) is 0 Å².